The minimum atomic E-state index is -3.63. The molecule has 1 N–H and O–H groups in total. The first-order chi connectivity index (χ1) is 13.9. The van der Waals surface area contributed by atoms with E-state index in [0.29, 0.717) is 42.5 Å². The van der Waals surface area contributed by atoms with Gasteiger partial charge in [-0.15, -0.1) is 0 Å². The topological polar surface area (TPSA) is 93.1 Å². The Morgan fingerprint density at radius 1 is 1.17 bits per heavy atom. The first-order valence-electron chi connectivity index (χ1n) is 8.70. The van der Waals surface area contributed by atoms with Crippen molar-refractivity contribution in [3.63, 3.8) is 0 Å². The Kier molecular flexibility index (Phi) is 6.77. The molecule has 0 bridgehead atoms. The fourth-order valence-electron chi connectivity index (χ4n) is 2.68. The van der Waals surface area contributed by atoms with Crippen molar-refractivity contribution in [1.29, 1.82) is 0 Å². The number of hydrogen-bond acceptors (Lipinski definition) is 5. The number of aliphatic carboxylic acids is 1. The number of morpholine rings is 1. The van der Waals surface area contributed by atoms with E-state index < -0.39 is 22.6 Å². The summed E-state index contributed by atoms with van der Waals surface area (Å²) in [6.45, 7) is 0.846. The average Bonchev–Trinajstić information content (AvgIpc) is 2.72. The summed E-state index contributed by atoms with van der Waals surface area (Å²) in [6, 6.07) is 11.0. The standard InChI is InChI=1S/C20H18ClNO6S/c21-17-6-7-19(28-14-20(23)24)16(13-17)5-4-15-2-1-3-18(12-15)29(25,26)22-8-10-27-11-9-22/h1-3,6-7,12-13H,8-11,14H2,(H,23,24). The SMILES string of the molecule is O=C(O)COc1ccc(Cl)cc1C#Cc1cccc(S(=O)(=O)N2CCOCC2)c1. The summed E-state index contributed by atoms with van der Waals surface area (Å²) in [6.07, 6.45) is 0. The number of benzene rings is 2. The van der Waals surface area contributed by atoms with Gasteiger partial charge in [0.1, 0.15) is 5.75 Å². The van der Waals surface area contributed by atoms with Crippen LogP contribution in [-0.2, 0) is 19.6 Å². The van der Waals surface area contributed by atoms with Crippen molar-refractivity contribution in [2.45, 2.75) is 4.90 Å². The molecule has 0 aromatic heterocycles. The molecule has 2 aromatic rings. The molecule has 152 valence electrons. The quantitative estimate of drug-likeness (QED) is 0.724. The van der Waals surface area contributed by atoms with Crippen molar-refractivity contribution in [3.05, 3.63) is 58.6 Å². The van der Waals surface area contributed by atoms with Gasteiger partial charge in [-0.3, -0.25) is 0 Å². The molecule has 9 heteroatoms. The Labute approximate surface area is 173 Å². The lowest BCUT2D eigenvalue weighted by atomic mass is 10.1. The van der Waals surface area contributed by atoms with Crippen LogP contribution in [0.25, 0.3) is 0 Å². The van der Waals surface area contributed by atoms with E-state index in [4.69, 9.17) is 26.2 Å². The van der Waals surface area contributed by atoms with E-state index in [2.05, 4.69) is 11.8 Å². The molecule has 3 rings (SSSR count). The van der Waals surface area contributed by atoms with Gasteiger partial charge in [0.05, 0.1) is 23.7 Å². The van der Waals surface area contributed by atoms with Crippen LogP contribution in [0, 0.1) is 11.8 Å². The first-order valence-corrected chi connectivity index (χ1v) is 10.5. The number of carboxylic acid groups (broad SMARTS) is 1. The molecule has 0 radical (unpaired) electrons. The Bertz CT molecular complexity index is 1070. The number of rotatable bonds is 5. The number of sulfonamides is 1. The minimum Gasteiger partial charge on any atom is -0.481 e. The van der Waals surface area contributed by atoms with Gasteiger partial charge in [0.25, 0.3) is 0 Å². The van der Waals surface area contributed by atoms with Crippen LogP contribution in [0.2, 0.25) is 5.02 Å². The molecule has 0 unspecified atom stereocenters. The summed E-state index contributed by atoms with van der Waals surface area (Å²) in [5, 5.41) is 9.20. The average molecular weight is 436 g/mol. The summed E-state index contributed by atoms with van der Waals surface area (Å²) < 4.78 is 37.4. The maximum Gasteiger partial charge on any atom is 0.341 e. The van der Waals surface area contributed by atoms with Crippen molar-refractivity contribution in [2.24, 2.45) is 0 Å². The Hall–Kier alpha value is -2.57. The third-order valence-electron chi connectivity index (χ3n) is 4.08. The van der Waals surface area contributed by atoms with Gasteiger partial charge >= 0.3 is 5.97 Å². The molecule has 1 aliphatic rings. The number of hydrogen-bond donors (Lipinski definition) is 1. The summed E-state index contributed by atoms with van der Waals surface area (Å²) >= 11 is 6.00. The molecule has 1 saturated heterocycles. The fraction of sp³-hybridized carbons (Fsp3) is 0.250. The number of carboxylic acids is 1. The summed E-state index contributed by atoms with van der Waals surface area (Å²) in [7, 11) is -3.63. The maximum absolute atomic E-state index is 12.8. The highest BCUT2D eigenvalue weighted by Crippen LogP contribution is 2.23. The molecule has 7 nitrogen and oxygen atoms in total. The first kappa shape index (κ1) is 21.1. The van der Waals surface area contributed by atoms with Gasteiger partial charge in [0, 0.05) is 23.7 Å². The molecular formula is C20H18ClNO6S. The zero-order valence-electron chi connectivity index (χ0n) is 15.3. The van der Waals surface area contributed by atoms with E-state index in [0.717, 1.165) is 0 Å². The molecule has 0 spiro atoms. The second-order valence-corrected chi connectivity index (χ2v) is 8.49. The van der Waals surface area contributed by atoms with E-state index in [1.165, 1.54) is 22.5 Å². The lowest BCUT2D eigenvalue weighted by Crippen LogP contribution is -2.40. The highest BCUT2D eigenvalue weighted by Gasteiger charge is 2.26. The third-order valence-corrected chi connectivity index (χ3v) is 6.21. The number of nitrogens with zero attached hydrogens (tertiary/aromatic N) is 1. The van der Waals surface area contributed by atoms with Crippen LogP contribution >= 0.6 is 11.6 Å². The van der Waals surface area contributed by atoms with Crippen LogP contribution in [0.15, 0.2) is 47.4 Å². The molecule has 1 aliphatic heterocycles. The van der Waals surface area contributed by atoms with E-state index >= 15 is 0 Å². The molecule has 0 saturated carbocycles. The van der Waals surface area contributed by atoms with E-state index in [9.17, 15) is 13.2 Å². The number of ether oxygens (including phenoxy) is 2. The van der Waals surface area contributed by atoms with Gasteiger partial charge in [-0.25, -0.2) is 13.2 Å². The van der Waals surface area contributed by atoms with E-state index in [1.807, 2.05) is 0 Å². The summed E-state index contributed by atoms with van der Waals surface area (Å²) in [5.74, 6) is 4.93. The van der Waals surface area contributed by atoms with Gasteiger partial charge < -0.3 is 14.6 Å². The van der Waals surface area contributed by atoms with Crippen LogP contribution < -0.4 is 4.74 Å². The zero-order valence-corrected chi connectivity index (χ0v) is 16.9. The van der Waals surface area contributed by atoms with Crippen molar-refractivity contribution in [2.75, 3.05) is 32.9 Å². The molecule has 0 aliphatic carbocycles. The number of carbonyl (C=O) groups is 1. The Balaban J connectivity index is 1.88. The lowest BCUT2D eigenvalue weighted by Gasteiger charge is -2.26. The normalized spacial score (nSPS) is 14.7. The zero-order chi connectivity index (χ0) is 20.9. The fourth-order valence-corrected chi connectivity index (χ4v) is 4.30. The van der Waals surface area contributed by atoms with E-state index in [1.54, 1.807) is 24.3 Å². The minimum absolute atomic E-state index is 0.152. The monoisotopic (exact) mass is 435 g/mol. The highest BCUT2D eigenvalue weighted by molar-refractivity contribution is 7.89. The molecule has 1 heterocycles. The van der Waals surface area contributed by atoms with Gasteiger partial charge in [-0.2, -0.15) is 4.31 Å². The van der Waals surface area contributed by atoms with Crippen LogP contribution in [0.5, 0.6) is 5.75 Å². The van der Waals surface area contributed by atoms with Crippen molar-refractivity contribution >= 4 is 27.6 Å². The molecule has 29 heavy (non-hydrogen) atoms. The van der Waals surface area contributed by atoms with Crippen LogP contribution in [0.1, 0.15) is 11.1 Å². The van der Waals surface area contributed by atoms with Gasteiger partial charge in [-0.05, 0) is 36.4 Å². The highest BCUT2D eigenvalue weighted by atomic mass is 35.5. The van der Waals surface area contributed by atoms with Crippen molar-refractivity contribution < 1.29 is 27.8 Å². The Morgan fingerprint density at radius 2 is 1.93 bits per heavy atom. The van der Waals surface area contributed by atoms with E-state index in [-0.39, 0.29) is 10.6 Å². The predicted molar refractivity (Wildman–Crippen MR) is 107 cm³/mol. The van der Waals surface area contributed by atoms with Crippen LogP contribution in [0.4, 0.5) is 0 Å². The Morgan fingerprint density at radius 3 is 2.66 bits per heavy atom. The smallest absolute Gasteiger partial charge is 0.341 e. The summed E-state index contributed by atoms with van der Waals surface area (Å²) in [5.41, 5.74) is 0.892. The van der Waals surface area contributed by atoms with Gasteiger partial charge in [0.15, 0.2) is 6.61 Å². The molecule has 2 aromatic carbocycles. The van der Waals surface area contributed by atoms with Crippen LogP contribution in [-0.4, -0.2) is 56.7 Å². The van der Waals surface area contributed by atoms with Crippen molar-refractivity contribution in [1.82, 2.24) is 4.31 Å². The third kappa shape index (κ3) is 5.49. The molecular weight excluding hydrogens is 418 g/mol. The predicted octanol–water partition coefficient (Wildman–Crippen LogP) is 2.22. The number of halogens is 1. The second kappa shape index (κ2) is 9.29. The van der Waals surface area contributed by atoms with Gasteiger partial charge in [-0.1, -0.05) is 29.5 Å². The largest absolute Gasteiger partial charge is 0.481 e. The van der Waals surface area contributed by atoms with Crippen molar-refractivity contribution in [3.8, 4) is 17.6 Å². The molecule has 1 fully saturated rings. The maximum atomic E-state index is 12.8. The molecule has 0 atom stereocenters. The van der Waals surface area contributed by atoms with Crippen LogP contribution in [0.3, 0.4) is 0 Å². The van der Waals surface area contributed by atoms with Gasteiger partial charge in [0.2, 0.25) is 10.0 Å². The molecule has 0 amide bonds. The summed E-state index contributed by atoms with van der Waals surface area (Å²) in [4.78, 5) is 10.9. The lowest BCUT2D eigenvalue weighted by molar-refractivity contribution is -0.139. The second-order valence-electron chi connectivity index (χ2n) is 6.12.